The smallest absolute Gasteiger partial charge is 0.00490 e. The fourth-order valence-electron chi connectivity index (χ4n) is 1.56. The van der Waals surface area contributed by atoms with Gasteiger partial charge in [0.2, 0.25) is 0 Å². The van der Waals surface area contributed by atoms with Crippen LogP contribution >= 0.6 is 0 Å². The van der Waals surface area contributed by atoms with E-state index in [4.69, 9.17) is 0 Å². The number of rotatable bonds is 8. The molecule has 1 nitrogen and oxygen atoms in total. The summed E-state index contributed by atoms with van der Waals surface area (Å²) in [5, 5.41) is 3.35. The molecule has 0 aliphatic rings. The van der Waals surface area contributed by atoms with E-state index in [1.807, 2.05) is 0 Å². The molecule has 0 spiro atoms. The minimum Gasteiger partial charge on any atom is -0.317 e. The van der Waals surface area contributed by atoms with Crippen molar-refractivity contribution in [3.63, 3.8) is 0 Å². The molecule has 0 aliphatic heterocycles. The van der Waals surface area contributed by atoms with Gasteiger partial charge in [0, 0.05) is 0 Å². The van der Waals surface area contributed by atoms with Crippen LogP contribution in [-0.4, -0.2) is 13.1 Å². The average Bonchev–Trinajstić information content (AvgIpc) is 2.05. The normalized spacial score (nSPS) is 13.2. The van der Waals surface area contributed by atoms with Gasteiger partial charge in [-0.15, -0.1) is 0 Å². The predicted octanol–water partition coefficient (Wildman–Crippen LogP) is 3.20. The van der Waals surface area contributed by atoms with Gasteiger partial charge in [0.05, 0.1) is 0 Å². The summed E-state index contributed by atoms with van der Waals surface area (Å²) in [7, 11) is 0. The predicted molar refractivity (Wildman–Crippen MR) is 56.5 cm³/mol. The maximum atomic E-state index is 3.35. The summed E-state index contributed by atoms with van der Waals surface area (Å²) in [4.78, 5) is 0. The standard InChI is InChI=1S/C11H25N/c1-4-8-11(3)9-6-7-10-12-5-2/h11-12H,4-10H2,1-3H3. The van der Waals surface area contributed by atoms with Gasteiger partial charge in [-0.05, 0) is 25.4 Å². The van der Waals surface area contributed by atoms with Gasteiger partial charge in [-0.25, -0.2) is 0 Å². The molecular weight excluding hydrogens is 146 g/mol. The lowest BCUT2D eigenvalue weighted by atomic mass is 9.99. The van der Waals surface area contributed by atoms with E-state index in [9.17, 15) is 0 Å². The second kappa shape index (κ2) is 9.05. The Morgan fingerprint density at radius 3 is 2.42 bits per heavy atom. The fourth-order valence-corrected chi connectivity index (χ4v) is 1.56. The van der Waals surface area contributed by atoms with Crippen molar-refractivity contribution in [1.29, 1.82) is 0 Å². The maximum Gasteiger partial charge on any atom is -0.00490 e. The highest BCUT2D eigenvalue weighted by Crippen LogP contribution is 2.12. The first-order valence-corrected chi connectivity index (χ1v) is 5.52. The van der Waals surface area contributed by atoms with E-state index in [0.717, 1.165) is 12.5 Å². The molecule has 1 unspecified atom stereocenters. The van der Waals surface area contributed by atoms with E-state index in [2.05, 4.69) is 26.1 Å². The molecule has 0 radical (unpaired) electrons. The summed E-state index contributed by atoms with van der Waals surface area (Å²) in [5.41, 5.74) is 0. The molecule has 0 saturated heterocycles. The van der Waals surface area contributed by atoms with E-state index >= 15 is 0 Å². The van der Waals surface area contributed by atoms with E-state index in [1.165, 1.54) is 38.6 Å². The summed E-state index contributed by atoms with van der Waals surface area (Å²) < 4.78 is 0. The Labute approximate surface area is 77.9 Å². The average molecular weight is 171 g/mol. The zero-order valence-electron chi connectivity index (χ0n) is 9.03. The van der Waals surface area contributed by atoms with Crippen molar-refractivity contribution < 1.29 is 0 Å². The van der Waals surface area contributed by atoms with E-state index in [0.29, 0.717) is 0 Å². The second-order valence-electron chi connectivity index (χ2n) is 3.74. The summed E-state index contributed by atoms with van der Waals surface area (Å²) in [6.45, 7) is 9.13. The van der Waals surface area contributed by atoms with Crippen molar-refractivity contribution in [2.45, 2.75) is 52.9 Å². The lowest BCUT2D eigenvalue weighted by molar-refractivity contribution is 0.456. The van der Waals surface area contributed by atoms with Gasteiger partial charge in [-0.1, -0.05) is 46.5 Å². The van der Waals surface area contributed by atoms with E-state index in [1.54, 1.807) is 0 Å². The highest BCUT2D eigenvalue weighted by atomic mass is 14.8. The summed E-state index contributed by atoms with van der Waals surface area (Å²) >= 11 is 0. The van der Waals surface area contributed by atoms with Crippen LogP contribution in [0.5, 0.6) is 0 Å². The van der Waals surface area contributed by atoms with Gasteiger partial charge in [-0.3, -0.25) is 0 Å². The summed E-state index contributed by atoms with van der Waals surface area (Å²) in [6.07, 6.45) is 6.91. The van der Waals surface area contributed by atoms with Crippen LogP contribution in [-0.2, 0) is 0 Å². The van der Waals surface area contributed by atoms with Crippen molar-refractivity contribution in [3.8, 4) is 0 Å². The van der Waals surface area contributed by atoms with E-state index in [-0.39, 0.29) is 0 Å². The van der Waals surface area contributed by atoms with Crippen molar-refractivity contribution in [2.24, 2.45) is 5.92 Å². The topological polar surface area (TPSA) is 12.0 Å². The fraction of sp³-hybridized carbons (Fsp3) is 1.00. The third-order valence-electron chi connectivity index (χ3n) is 2.33. The molecule has 12 heavy (non-hydrogen) atoms. The lowest BCUT2D eigenvalue weighted by Crippen LogP contribution is -2.13. The first-order valence-electron chi connectivity index (χ1n) is 5.52. The molecule has 0 aliphatic carbocycles. The molecule has 1 atom stereocenters. The molecular formula is C11H25N. The lowest BCUT2D eigenvalue weighted by Gasteiger charge is -2.09. The quantitative estimate of drug-likeness (QED) is 0.553. The van der Waals surface area contributed by atoms with Gasteiger partial charge in [0.15, 0.2) is 0 Å². The minimum absolute atomic E-state index is 0.941. The van der Waals surface area contributed by atoms with Gasteiger partial charge < -0.3 is 5.32 Å². The SMILES string of the molecule is CCCC(C)CCCCNCC. The Hall–Kier alpha value is -0.0400. The zero-order chi connectivity index (χ0) is 9.23. The van der Waals surface area contributed by atoms with Gasteiger partial charge in [-0.2, -0.15) is 0 Å². The number of nitrogens with one attached hydrogen (secondary N) is 1. The van der Waals surface area contributed by atoms with Gasteiger partial charge >= 0.3 is 0 Å². The second-order valence-corrected chi connectivity index (χ2v) is 3.74. The van der Waals surface area contributed by atoms with Crippen LogP contribution in [0.2, 0.25) is 0 Å². The Bertz CT molecular complexity index is 81.1. The summed E-state index contributed by atoms with van der Waals surface area (Å²) in [5.74, 6) is 0.941. The Kier molecular flexibility index (Phi) is 9.02. The monoisotopic (exact) mass is 171 g/mol. The first-order chi connectivity index (χ1) is 5.81. The third-order valence-corrected chi connectivity index (χ3v) is 2.33. The van der Waals surface area contributed by atoms with Crippen LogP contribution < -0.4 is 5.32 Å². The molecule has 0 aromatic heterocycles. The number of hydrogen-bond donors (Lipinski definition) is 1. The Morgan fingerprint density at radius 1 is 1.08 bits per heavy atom. The highest BCUT2D eigenvalue weighted by molar-refractivity contribution is 4.53. The van der Waals surface area contributed by atoms with Crippen molar-refractivity contribution in [3.05, 3.63) is 0 Å². The maximum absolute atomic E-state index is 3.35. The molecule has 1 N–H and O–H groups in total. The van der Waals surface area contributed by atoms with Crippen LogP contribution in [0.25, 0.3) is 0 Å². The van der Waals surface area contributed by atoms with Gasteiger partial charge in [0.25, 0.3) is 0 Å². The van der Waals surface area contributed by atoms with Crippen molar-refractivity contribution in [1.82, 2.24) is 5.32 Å². The van der Waals surface area contributed by atoms with Crippen molar-refractivity contribution >= 4 is 0 Å². The van der Waals surface area contributed by atoms with Crippen LogP contribution in [0.15, 0.2) is 0 Å². The molecule has 0 amide bonds. The molecule has 0 rings (SSSR count). The van der Waals surface area contributed by atoms with Crippen LogP contribution in [0.1, 0.15) is 52.9 Å². The van der Waals surface area contributed by atoms with Crippen LogP contribution in [0.4, 0.5) is 0 Å². The third kappa shape index (κ3) is 8.06. The molecule has 1 heteroatoms. The van der Waals surface area contributed by atoms with Gasteiger partial charge in [0.1, 0.15) is 0 Å². The van der Waals surface area contributed by atoms with Crippen molar-refractivity contribution in [2.75, 3.05) is 13.1 Å². The zero-order valence-corrected chi connectivity index (χ0v) is 9.03. The summed E-state index contributed by atoms with van der Waals surface area (Å²) in [6, 6.07) is 0. The largest absolute Gasteiger partial charge is 0.317 e. The number of unbranched alkanes of at least 4 members (excludes halogenated alkanes) is 1. The molecule has 0 aromatic carbocycles. The highest BCUT2D eigenvalue weighted by Gasteiger charge is 1.99. The molecule has 0 bridgehead atoms. The molecule has 0 saturated carbocycles. The van der Waals surface area contributed by atoms with Crippen LogP contribution in [0.3, 0.4) is 0 Å². The molecule has 0 heterocycles. The molecule has 74 valence electrons. The minimum atomic E-state index is 0.941. The number of hydrogen-bond acceptors (Lipinski definition) is 1. The first kappa shape index (κ1) is 12.0. The Morgan fingerprint density at radius 2 is 1.83 bits per heavy atom. The van der Waals surface area contributed by atoms with Crippen LogP contribution in [0, 0.1) is 5.92 Å². The Balaban J connectivity index is 2.97. The molecule has 0 fully saturated rings. The molecule has 0 aromatic rings. The van der Waals surface area contributed by atoms with E-state index < -0.39 is 0 Å².